The molecule has 0 bridgehead atoms. The van der Waals surface area contributed by atoms with Crippen molar-refractivity contribution in [1.82, 2.24) is 5.32 Å². The summed E-state index contributed by atoms with van der Waals surface area (Å²) in [4.78, 5) is 17.3. The third-order valence-corrected chi connectivity index (χ3v) is 4.58. The summed E-state index contributed by atoms with van der Waals surface area (Å²) in [5, 5.41) is 6.80. The summed E-state index contributed by atoms with van der Waals surface area (Å²) in [6.07, 6.45) is 0. The van der Waals surface area contributed by atoms with Crippen LogP contribution in [0.3, 0.4) is 0 Å². The van der Waals surface area contributed by atoms with Crippen LogP contribution in [0.15, 0.2) is 90.1 Å². The lowest BCUT2D eigenvalue weighted by Crippen LogP contribution is -2.28. The number of ether oxygens (including phenoxy) is 1. The van der Waals surface area contributed by atoms with Crippen LogP contribution in [-0.4, -0.2) is 25.5 Å². The van der Waals surface area contributed by atoms with Gasteiger partial charge in [0.25, 0.3) is 5.91 Å². The van der Waals surface area contributed by atoms with Gasteiger partial charge in [0.1, 0.15) is 5.75 Å². The molecule has 0 heterocycles. The number of amides is 1. The molecular formula is C24H25N3O3. The molecule has 0 unspecified atom stereocenters. The van der Waals surface area contributed by atoms with Gasteiger partial charge < -0.3 is 20.6 Å². The van der Waals surface area contributed by atoms with Gasteiger partial charge in [-0.2, -0.15) is 0 Å². The van der Waals surface area contributed by atoms with Gasteiger partial charge >= 0.3 is 0 Å². The van der Waals surface area contributed by atoms with Crippen LogP contribution in [-0.2, 0) is 16.2 Å². The number of hydrogen-bond acceptors (Lipinski definition) is 4. The van der Waals surface area contributed by atoms with E-state index in [1.165, 1.54) is 0 Å². The number of nitrogens with zero attached hydrogens (tertiary/aromatic N) is 1. The number of oxime groups is 1. The Balaban J connectivity index is 1.58. The second-order valence-electron chi connectivity index (χ2n) is 6.67. The van der Waals surface area contributed by atoms with Crippen LogP contribution in [0.25, 0.3) is 0 Å². The van der Waals surface area contributed by atoms with Crippen LogP contribution in [0.4, 0.5) is 0 Å². The van der Waals surface area contributed by atoms with Crippen LogP contribution in [0, 0.1) is 0 Å². The number of nitrogens with two attached hydrogens (primary N) is 1. The van der Waals surface area contributed by atoms with E-state index in [1.54, 1.807) is 7.11 Å². The molecule has 0 aliphatic heterocycles. The highest BCUT2D eigenvalue weighted by molar-refractivity contribution is 5.90. The lowest BCUT2D eigenvalue weighted by atomic mass is 9.90. The summed E-state index contributed by atoms with van der Waals surface area (Å²) in [7, 11) is 1.61. The van der Waals surface area contributed by atoms with E-state index >= 15 is 0 Å². The minimum absolute atomic E-state index is 0.215. The Morgan fingerprint density at radius 2 is 1.50 bits per heavy atom. The van der Waals surface area contributed by atoms with E-state index in [0.717, 1.165) is 22.4 Å². The standard InChI is InChI=1S/C24H25N3O3/c1-29-21-14-12-18(13-15-21)16-26-22(28)17-30-27-24(25)23(19-8-4-2-5-9-19)20-10-6-3-7-11-20/h2-15,23H,16-17H2,1H3,(H2,25,27)(H,26,28). The molecule has 0 radical (unpaired) electrons. The molecule has 1 amide bonds. The lowest BCUT2D eigenvalue weighted by molar-refractivity contribution is -0.125. The molecule has 6 nitrogen and oxygen atoms in total. The van der Waals surface area contributed by atoms with E-state index in [1.807, 2.05) is 84.9 Å². The molecule has 6 heteroatoms. The fourth-order valence-electron chi connectivity index (χ4n) is 3.04. The van der Waals surface area contributed by atoms with E-state index in [9.17, 15) is 4.79 Å². The van der Waals surface area contributed by atoms with Gasteiger partial charge in [-0.05, 0) is 28.8 Å². The smallest absolute Gasteiger partial charge is 0.261 e. The molecule has 0 aliphatic carbocycles. The molecule has 3 rings (SSSR count). The van der Waals surface area contributed by atoms with Crippen molar-refractivity contribution in [2.24, 2.45) is 10.9 Å². The summed E-state index contributed by atoms with van der Waals surface area (Å²) in [6.45, 7) is 0.176. The van der Waals surface area contributed by atoms with Gasteiger partial charge in [0.15, 0.2) is 12.4 Å². The Bertz CT molecular complexity index is 919. The van der Waals surface area contributed by atoms with Crippen molar-refractivity contribution in [3.8, 4) is 5.75 Å². The van der Waals surface area contributed by atoms with Crippen LogP contribution in [0.2, 0.25) is 0 Å². The topological polar surface area (TPSA) is 85.9 Å². The fourth-order valence-corrected chi connectivity index (χ4v) is 3.04. The normalized spacial score (nSPS) is 11.2. The van der Waals surface area contributed by atoms with Crippen LogP contribution >= 0.6 is 0 Å². The maximum atomic E-state index is 12.1. The number of carbonyl (C=O) groups is 1. The van der Waals surface area contributed by atoms with Crippen molar-refractivity contribution in [2.45, 2.75) is 12.5 Å². The molecule has 3 aromatic rings. The first-order chi connectivity index (χ1) is 14.7. The number of nitrogens with one attached hydrogen (secondary N) is 1. The van der Waals surface area contributed by atoms with E-state index in [-0.39, 0.29) is 24.3 Å². The Kier molecular flexibility index (Phi) is 7.44. The van der Waals surface area contributed by atoms with Gasteiger partial charge in [-0.25, -0.2) is 0 Å². The zero-order chi connectivity index (χ0) is 21.2. The average molecular weight is 403 g/mol. The highest BCUT2D eigenvalue weighted by Crippen LogP contribution is 2.24. The Labute approximate surface area is 176 Å². The second-order valence-corrected chi connectivity index (χ2v) is 6.67. The van der Waals surface area contributed by atoms with Crippen LogP contribution in [0.1, 0.15) is 22.6 Å². The zero-order valence-corrected chi connectivity index (χ0v) is 16.8. The van der Waals surface area contributed by atoms with Crippen molar-refractivity contribution in [3.63, 3.8) is 0 Å². The van der Waals surface area contributed by atoms with Crippen LogP contribution in [0.5, 0.6) is 5.75 Å². The highest BCUT2D eigenvalue weighted by atomic mass is 16.6. The number of carbonyl (C=O) groups excluding carboxylic acids is 1. The van der Waals surface area contributed by atoms with Crippen molar-refractivity contribution < 1.29 is 14.4 Å². The van der Waals surface area contributed by atoms with Crippen molar-refractivity contribution in [3.05, 3.63) is 102 Å². The first-order valence-corrected chi connectivity index (χ1v) is 9.62. The highest BCUT2D eigenvalue weighted by Gasteiger charge is 2.19. The maximum Gasteiger partial charge on any atom is 0.261 e. The summed E-state index contributed by atoms with van der Waals surface area (Å²) in [5.74, 6) is 0.521. The minimum Gasteiger partial charge on any atom is -0.497 e. The molecule has 3 aromatic carbocycles. The predicted molar refractivity (Wildman–Crippen MR) is 117 cm³/mol. The van der Waals surface area contributed by atoms with E-state index in [4.69, 9.17) is 15.3 Å². The van der Waals surface area contributed by atoms with Gasteiger partial charge in [0, 0.05) is 6.54 Å². The molecular weight excluding hydrogens is 378 g/mol. The number of methoxy groups -OCH3 is 1. The predicted octanol–water partition coefficient (Wildman–Crippen LogP) is 3.43. The third-order valence-electron chi connectivity index (χ3n) is 4.58. The lowest BCUT2D eigenvalue weighted by Gasteiger charge is -2.17. The van der Waals surface area contributed by atoms with Gasteiger partial charge in [0.2, 0.25) is 0 Å². The molecule has 0 spiro atoms. The number of rotatable bonds is 9. The van der Waals surface area contributed by atoms with E-state index < -0.39 is 0 Å². The molecule has 0 fully saturated rings. The molecule has 154 valence electrons. The molecule has 30 heavy (non-hydrogen) atoms. The summed E-state index contributed by atoms with van der Waals surface area (Å²) >= 11 is 0. The third kappa shape index (κ3) is 5.85. The maximum absolute atomic E-state index is 12.1. The second kappa shape index (κ2) is 10.7. The molecule has 3 N–H and O–H groups in total. The largest absolute Gasteiger partial charge is 0.497 e. The monoisotopic (exact) mass is 403 g/mol. The van der Waals surface area contributed by atoms with Gasteiger partial charge in [-0.15, -0.1) is 0 Å². The summed E-state index contributed by atoms with van der Waals surface area (Å²) < 4.78 is 5.12. The van der Waals surface area contributed by atoms with Gasteiger partial charge in [0.05, 0.1) is 13.0 Å². The molecule has 0 aromatic heterocycles. The molecule has 0 saturated carbocycles. The van der Waals surface area contributed by atoms with Crippen molar-refractivity contribution in [1.29, 1.82) is 0 Å². The van der Waals surface area contributed by atoms with Crippen molar-refractivity contribution in [2.75, 3.05) is 13.7 Å². The summed E-state index contributed by atoms with van der Waals surface area (Å²) in [5.41, 5.74) is 9.20. The Morgan fingerprint density at radius 1 is 0.933 bits per heavy atom. The SMILES string of the molecule is COc1ccc(CNC(=O)CO/N=C(/N)C(c2ccccc2)c2ccccc2)cc1. The van der Waals surface area contributed by atoms with Gasteiger partial charge in [-0.1, -0.05) is 78.0 Å². The molecule has 0 atom stereocenters. The first kappa shape index (κ1) is 20.9. The first-order valence-electron chi connectivity index (χ1n) is 9.62. The molecule has 0 saturated heterocycles. The minimum atomic E-state index is -0.279. The Hall–Kier alpha value is -3.80. The van der Waals surface area contributed by atoms with E-state index in [2.05, 4.69) is 10.5 Å². The average Bonchev–Trinajstić information content (AvgIpc) is 2.79. The number of amidine groups is 1. The van der Waals surface area contributed by atoms with Crippen molar-refractivity contribution >= 4 is 11.7 Å². The number of benzene rings is 3. The number of hydrogen-bond donors (Lipinski definition) is 2. The van der Waals surface area contributed by atoms with Crippen LogP contribution < -0.4 is 15.8 Å². The van der Waals surface area contributed by atoms with Gasteiger partial charge in [-0.3, -0.25) is 4.79 Å². The zero-order valence-electron chi connectivity index (χ0n) is 16.8. The summed E-state index contributed by atoms with van der Waals surface area (Å²) in [6, 6.07) is 27.1. The van der Waals surface area contributed by atoms with E-state index in [0.29, 0.717) is 6.54 Å². The Morgan fingerprint density at radius 3 is 2.03 bits per heavy atom. The quantitative estimate of drug-likeness (QED) is 0.326. The molecule has 0 aliphatic rings. The fraction of sp³-hybridized carbons (Fsp3) is 0.167.